The summed E-state index contributed by atoms with van der Waals surface area (Å²) >= 11 is 0. The Morgan fingerprint density at radius 2 is 2.06 bits per heavy atom. The van der Waals surface area contributed by atoms with Gasteiger partial charge in [0.25, 0.3) is 0 Å². The molecule has 0 aliphatic heterocycles. The summed E-state index contributed by atoms with van der Waals surface area (Å²) in [5.74, 6) is -0.344. The van der Waals surface area contributed by atoms with Crippen molar-refractivity contribution in [3.8, 4) is 6.07 Å². The second kappa shape index (κ2) is 4.52. The zero-order valence-corrected chi connectivity index (χ0v) is 10.2. The van der Waals surface area contributed by atoms with Crippen molar-refractivity contribution in [1.82, 2.24) is 0 Å². The first-order valence-corrected chi connectivity index (χ1v) is 5.36. The van der Waals surface area contributed by atoms with E-state index in [0.29, 0.717) is 11.3 Å². The van der Waals surface area contributed by atoms with Gasteiger partial charge >= 0.3 is 0 Å². The van der Waals surface area contributed by atoms with Crippen molar-refractivity contribution >= 4 is 5.69 Å². The highest BCUT2D eigenvalue weighted by molar-refractivity contribution is 5.52. The standard InChI is InChI=1S/C13H17FN2/c1-5-13(2,3)16(4)12-7-6-10(9-15)8-11(12)14/h6-8H,5H2,1-4H3. The third-order valence-corrected chi connectivity index (χ3v) is 3.21. The van der Waals surface area contributed by atoms with E-state index in [2.05, 4.69) is 20.8 Å². The highest BCUT2D eigenvalue weighted by atomic mass is 19.1. The minimum Gasteiger partial charge on any atom is -0.367 e. The highest BCUT2D eigenvalue weighted by Gasteiger charge is 2.23. The van der Waals surface area contributed by atoms with Crippen LogP contribution in [0.15, 0.2) is 18.2 Å². The molecule has 2 nitrogen and oxygen atoms in total. The lowest BCUT2D eigenvalue weighted by molar-refractivity contribution is 0.462. The van der Waals surface area contributed by atoms with Gasteiger partial charge in [-0.2, -0.15) is 5.26 Å². The predicted molar refractivity (Wildman–Crippen MR) is 63.9 cm³/mol. The Hall–Kier alpha value is -1.56. The molecule has 0 fully saturated rings. The molecule has 1 aromatic rings. The molecule has 86 valence electrons. The van der Waals surface area contributed by atoms with E-state index >= 15 is 0 Å². The van der Waals surface area contributed by atoms with Gasteiger partial charge in [0.2, 0.25) is 0 Å². The van der Waals surface area contributed by atoms with Crippen LogP contribution in [0.2, 0.25) is 0 Å². The molecule has 0 aromatic heterocycles. The van der Waals surface area contributed by atoms with E-state index in [9.17, 15) is 4.39 Å². The summed E-state index contributed by atoms with van der Waals surface area (Å²) in [7, 11) is 1.87. The van der Waals surface area contributed by atoms with Crippen molar-refractivity contribution in [1.29, 1.82) is 5.26 Å². The molecule has 0 atom stereocenters. The number of nitriles is 1. The largest absolute Gasteiger partial charge is 0.367 e. The molecular weight excluding hydrogens is 203 g/mol. The van der Waals surface area contributed by atoms with E-state index in [1.54, 1.807) is 12.1 Å². The minimum atomic E-state index is -0.344. The lowest BCUT2D eigenvalue weighted by Crippen LogP contribution is -2.41. The molecule has 0 unspecified atom stereocenters. The summed E-state index contributed by atoms with van der Waals surface area (Å²) in [6.07, 6.45) is 0.920. The zero-order valence-electron chi connectivity index (χ0n) is 10.2. The molecule has 0 amide bonds. The molecule has 3 heteroatoms. The van der Waals surface area contributed by atoms with Gasteiger partial charge in [-0.3, -0.25) is 0 Å². The summed E-state index contributed by atoms with van der Waals surface area (Å²) in [5, 5.41) is 8.67. The van der Waals surface area contributed by atoms with Gasteiger partial charge in [-0.15, -0.1) is 0 Å². The van der Waals surface area contributed by atoms with E-state index in [4.69, 9.17) is 5.26 Å². The fraction of sp³-hybridized carbons (Fsp3) is 0.462. The van der Waals surface area contributed by atoms with Gasteiger partial charge in [-0.05, 0) is 38.5 Å². The SMILES string of the molecule is CCC(C)(C)N(C)c1ccc(C#N)cc1F. The number of benzene rings is 1. The summed E-state index contributed by atoms with van der Waals surface area (Å²) in [4.78, 5) is 1.91. The molecule has 16 heavy (non-hydrogen) atoms. The van der Waals surface area contributed by atoms with Crippen molar-refractivity contribution in [2.24, 2.45) is 0 Å². The van der Waals surface area contributed by atoms with Crippen LogP contribution in [0.3, 0.4) is 0 Å². The second-order valence-electron chi connectivity index (χ2n) is 4.50. The quantitative estimate of drug-likeness (QED) is 0.781. The highest BCUT2D eigenvalue weighted by Crippen LogP contribution is 2.27. The number of hydrogen-bond acceptors (Lipinski definition) is 2. The molecule has 0 radical (unpaired) electrons. The topological polar surface area (TPSA) is 27.0 Å². The number of hydrogen-bond donors (Lipinski definition) is 0. The molecule has 0 N–H and O–H groups in total. The van der Waals surface area contributed by atoms with Gasteiger partial charge in [-0.25, -0.2) is 4.39 Å². The Labute approximate surface area is 96.3 Å². The van der Waals surface area contributed by atoms with E-state index < -0.39 is 0 Å². The maximum atomic E-state index is 13.8. The van der Waals surface area contributed by atoms with Gasteiger partial charge in [0.15, 0.2) is 0 Å². The molecule has 0 heterocycles. The average Bonchev–Trinajstić information content (AvgIpc) is 2.28. The summed E-state index contributed by atoms with van der Waals surface area (Å²) in [6.45, 7) is 6.19. The third kappa shape index (κ3) is 2.33. The van der Waals surface area contributed by atoms with Crippen LogP contribution >= 0.6 is 0 Å². The van der Waals surface area contributed by atoms with Gasteiger partial charge in [0.05, 0.1) is 17.3 Å². The molecule has 0 saturated heterocycles. The third-order valence-electron chi connectivity index (χ3n) is 3.21. The van der Waals surface area contributed by atoms with Crippen LogP contribution < -0.4 is 4.90 Å². The Kier molecular flexibility index (Phi) is 3.54. The molecule has 0 aliphatic carbocycles. The van der Waals surface area contributed by atoms with Crippen LogP contribution in [0.25, 0.3) is 0 Å². The van der Waals surface area contributed by atoms with Crippen molar-refractivity contribution in [3.05, 3.63) is 29.6 Å². The van der Waals surface area contributed by atoms with Gasteiger partial charge < -0.3 is 4.90 Å². The van der Waals surface area contributed by atoms with Crippen molar-refractivity contribution in [2.75, 3.05) is 11.9 Å². The van der Waals surface area contributed by atoms with Crippen molar-refractivity contribution < 1.29 is 4.39 Å². The number of rotatable bonds is 3. The van der Waals surface area contributed by atoms with E-state index in [0.717, 1.165) is 6.42 Å². The smallest absolute Gasteiger partial charge is 0.147 e. The summed E-state index contributed by atoms with van der Waals surface area (Å²) in [5.41, 5.74) is 0.782. The maximum absolute atomic E-state index is 13.8. The predicted octanol–water partition coefficient (Wildman–Crippen LogP) is 3.32. The van der Waals surface area contributed by atoms with Crippen LogP contribution in [0.4, 0.5) is 10.1 Å². The maximum Gasteiger partial charge on any atom is 0.147 e. The van der Waals surface area contributed by atoms with Crippen LogP contribution in [0, 0.1) is 17.1 Å². The Bertz CT molecular complexity index is 418. The fourth-order valence-electron chi connectivity index (χ4n) is 1.41. The first-order chi connectivity index (χ1) is 7.42. The normalized spacial score (nSPS) is 11.0. The second-order valence-corrected chi connectivity index (χ2v) is 4.50. The zero-order chi connectivity index (χ0) is 12.3. The summed E-state index contributed by atoms with van der Waals surface area (Å²) in [6, 6.07) is 6.50. The van der Waals surface area contributed by atoms with Gasteiger partial charge in [-0.1, -0.05) is 6.92 Å². The number of nitrogens with zero attached hydrogens (tertiary/aromatic N) is 2. The molecule has 0 bridgehead atoms. The van der Waals surface area contributed by atoms with Crippen molar-refractivity contribution in [2.45, 2.75) is 32.7 Å². The van der Waals surface area contributed by atoms with E-state index in [1.165, 1.54) is 6.07 Å². The lowest BCUT2D eigenvalue weighted by atomic mass is 9.99. The molecule has 0 spiro atoms. The first-order valence-electron chi connectivity index (χ1n) is 5.36. The molecule has 1 aromatic carbocycles. The van der Waals surface area contributed by atoms with Gasteiger partial charge in [0, 0.05) is 12.6 Å². The number of anilines is 1. The van der Waals surface area contributed by atoms with Crippen LogP contribution in [-0.2, 0) is 0 Å². The van der Waals surface area contributed by atoms with Crippen LogP contribution in [0.5, 0.6) is 0 Å². The van der Waals surface area contributed by atoms with Crippen molar-refractivity contribution in [3.63, 3.8) is 0 Å². The van der Waals surface area contributed by atoms with E-state index in [1.807, 2.05) is 18.0 Å². The average molecular weight is 220 g/mol. The molecule has 1 rings (SSSR count). The van der Waals surface area contributed by atoms with Crippen LogP contribution in [0.1, 0.15) is 32.8 Å². The molecule has 0 aliphatic rings. The van der Waals surface area contributed by atoms with E-state index in [-0.39, 0.29) is 11.4 Å². The summed E-state index contributed by atoms with van der Waals surface area (Å²) < 4.78 is 13.8. The van der Waals surface area contributed by atoms with Crippen LogP contribution in [-0.4, -0.2) is 12.6 Å². The monoisotopic (exact) mass is 220 g/mol. The Balaban J connectivity index is 3.11. The first kappa shape index (κ1) is 12.5. The Morgan fingerprint density at radius 3 is 2.50 bits per heavy atom. The van der Waals surface area contributed by atoms with Gasteiger partial charge in [0.1, 0.15) is 5.82 Å². The fourth-order valence-corrected chi connectivity index (χ4v) is 1.41. The number of halogens is 1. The lowest BCUT2D eigenvalue weighted by Gasteiger charge is -2.37. The minimum absolute atomic E-state index is 0.102. The Morgan fingerprint density at radius 1 is 1.44 bits per heavy atom. The molecular formula is C13H17FN2. The molecule has 0 saturated carbocycles.